The predicted octanol–water partition coefficient (Wildman–Crippen LogP) is 5.29. The molecule has 1 N–H and O–H groups in total. The smallest absolute Gasteiger partial charge is 0.267 e. The molecule has 6 rings (SSSR count). The highest BCUT2D eigenvalue weighted by Crippen LogP contribution is 2.85. The number of hydrogen-bond donors (Lipinski definition) is 1. The lowest BCUT2D eigenvalue weighted by molar-refractivity contribution is -0.456. The summed E-state index contributed by atoms with van der Waals surface area (Å²) in [6.07, 6.45) is 2.33. The predicted molar refractivity (Wildman–Crippen MR) is 103 cm³/mol. The first-order valence-corrected chi connectivity index (χ1v) is 11.1. The Kier molecular flexibility index (Phi) is 3.91. The molecule has 1 aromatic carbocycles. The van der Waals surface area contributed by atoms with E-state index in [1.807, 2.05) is 0 Å². The van der Waals surface area contributed by atoms with Crippen LogP contribution in [0.25, 0.3) is 0 Å². The van der Waals surface area contributed by atoms with E-state index in [0.29, 0.717) is 23.4 Å². The summed E-state index contributed by atoms with van der Waals surface area (Å²) in [4.78, 5) is 12.2. The van der Waals surface area contributed by atoms with Crippen LogP contribution < -0.4 is 5.43 Å². The maximum Gasteiger partial charge on any atom is 0.350 e. The van der Waals surface area contributed by atoms with Gasteiger partial charge in [-0.2, -0.15) is 22.7 Å². The summed E-state index contributed by atoms with van der Waals surface area (Å²) in [6, 6.07) is 6.18. The Labute approximate surface area is 184 Å². The molecule has 1 amide bonds. The van der Waals surface area contributed by atoms with E-state index < -0.39 is 52.8 Å². The van der Waals surface area contributed by atoms with Crippen LogP contribution in [0.3, 0.4) is 0 Å². The number of hydrazone groups is 1. The molecule has 4 bridgehead atoms. The van der Waals surface area contributed by atoms with Crippen molar-refractivity contribution in [3.63, 3.8) is 0 Å². The monoisotopic (exact) mass is 476 g/mol. The second kappa shape index (κ2) is 6.02. The minimum absolute atomic E-state index is 0.134. The molecule has 0 saturated heterocycles. The van der Waals surface area contributed by atoms with Crippen molar-refractivity contribution in [3.05, 3.63) is 34.9 Å². The molecule has 5 aliphatic rings. The number of amides is 1. The Balaban J connectivity index is 1.20. The summed E-state index contributed by atoms with van der Waals surface area (Å²) in [7, 11) is 0. The number of alkyl halides is 6. The van der Waals surface area contributed by atoms with Gasteiger partial charge in [-0.05, 0) is 73.1 Å². The zero-order valence-corrected chi connectivity index (χ0v) is 17.3. The number of nitrogens with zero attached hydrogens (tertiary/aromatic N) is 1. The average Bonchev–Trinajstić information content (AvgIpc) is 3.47. The van der Waals surface area contributed by atoms with Gasteiger partial charge < -0.3 is 0 Å². The van der Waals surface area contributed by atoms with Gasteiger partial charge in [-0.3, -0.25) is 4.79 Å². The van der Waals surface area contributed by atoms with Gasteiger partial charge in [0.1, 0.15) is 0 Å². The van der Waals surface area contributed by atoms with Crippen LogP contribution >= 0.6 is 11.6 Å². The fraction of sp³-hybridized carbons (Fsp3) is 0.636. The molecule has 5 aliphatic carbocycles. The highest BCUT2D eigenvalue weighted by Gasteiger charge is 3.05. The van der Waals surface area contributed by atoms with Crippen molar-refractivity contribution in [2.24, 2.45) is 46.5 Å². The lowest BCUT2D eigenvalue weighted by Gasteiger charge is -2.63. The second-order valence-electron chi connectivity index (χ2n) is 9.96. The normalized spacial score (nSPS) is 48.5. The lowest BCUT2D eigenvalue weighted by Crippen LogP contribution is -2.89. The molecular formula is C22H19ClF6N2O. The van der Waals surface area contributed by atoms with E-state index in [0.717, 1.165) is 0 Å². The van der Waals surface area contributed by atoms with E-state index in [2.05, 4.69) is 10.5 Å². The minimum Gasteiger partial charge on any atom is -0.267 e. The summed E-state index contributed by atoms with van der Waals surface area (Å²) in [5.41, 5.74) is -4.85. The van der Waals surface area contributed by atoms with E-state index in [9.17, 15) is 22.4 Å². The van der Waals surface area contributed by atoms with Crippen LogP contribution in [0.15, 0.2) is 29.4 Å². The summed E-state index contributed by atoms with van der Waals surface area (Å²) >= 11 is 5.79. The second-order valence-corrected chi connectivity index (χ2v) is 10.4. The number of benzene rings is 1. The molecular weight excluding hydrogens is 458 g/mol. The topological polar surface area (TPSA) is 41.5 Å². The van der Waals surface area contributed by atoms with Crippen LogP contribution in [0.2, 0.25) is 5.02 Å². The summed E-state index contributed by atoms with van der Waals surface area (Å²) in [5, 5.41) is 4.46. The Hall–Kier alpha value is -1.77. The van der Waals surface area contributed by atoms with Crippen LogP contribution in [-0.4, -0.2) is 35.3 Å². The number of hydrogen-bond acceptors (Lipinski definition) is 2. The molecule has 9 atom stereocenters. The molecule has 32 heavy (non-hydrogen) atoms. The van der Waals surface area contributed by atoms with Crippen molar-refractivity contribution in [1.29, 1.82) is 0 Å². The number of fused-ring (bicyclic) bond motifs is 12. The Morgan fingerprint density at radius 1 is 0.938 bits per heavy atom. The van der Waals surface area contributed by atoms with E-state index in [1.165, 1.54) is 18.3 Å². The standard InChI is InChI=1S/C22H19ClF6N2O/c23-12-3-1-9(2-4-12)18(32)31-30-8-11-5-10-6-13(11)17-15-7-14(16(10)17)19(24)20(15,25)22(28,29)21(19,26)27/h1-4,8,10-11,13-17H,5-7H2,(H,31,32)/b30-8-/t10-,11-,13+,14+,15+,16-,17-,19+,20+/m0/s1. The number of carbonyl (C=O) groups is 1. The molecule has 0 unspecified atom stereocenters. The van der Waals surface area contributed by atoms with Crippen molar-refractivity contribution >= 4 is 23.7 Å². The van der Waals surface area contributed by atoms with Crippen molar-refractivity contribution in [2.45, 2.75) is 42.4 Å². The van der Waals surface area contributed by atoms with Gasteiger partial charge in [-0.25, -0.2) is 14.2 Å². The molecule has 3 nitrogen and oxygen atoms in total. The van der Waals surface area contributed by atoms with Gasteiger partial charge in [0.05, 0.1) is 0 Å². The minimum atomic E-state index is -5.00. The number of halogens is 7. The number of carbonyl (C=O) groups excluding carboxylic acids is 1. The van der Waals surface area contributed by atoms with Crippen LogP contribution in [-0.2, 0) is 0 Å². The zero-order chi connectivity index (χ0) is 22.8. The maximum atomic E-state index is 15.4. The summed E-state index contributed by atoms with van der Waals surface area (Å²) in [6.45, 7) is 0. The van der Waals surface area contributed by atoms with Crippen LogP contribution in [0.1, 0.15) is 29.6 Å². The van der Waals surface area contributed by atoms with E-state index in [-0.39, 0.29) is 24.2 Å². The van der Waals surface area contributed by atoms with Gasteiger partial charge >= 0.3 is 11.8 Å². The first-order valence-electron chi connectivity index (χ1n) is 10.7. The Morgan fingerprint density at radius 2 is 1.53 bits per heavy atom. The van der Waals surface area contributed by atoms with Crippen molar-refractivity contribution in [3.8, 4) is 0 Å². The first-order chi connectivity index (χ1) is 15.0. The van der Waals surface area contributed by atoms with Gasteiger partial charge in [0.2, 0.25) is 11.3 Å². The molecule has 0 radical (unpaired) electrons. The van der Waals surface area contributed by atoms with E-state index >= 15 is 8.78 Å². The van der Waals surface area contributed by atoms with E-state index in [1.54, 1.807) is 12.1 Å². The average molecular weight is 477 g/mol. The zero-order valence-electron chi connectivity index (χ0n) is 16.6. The van der Waals surface area contributed by atoms with Gasteiger partial charge in [-0.1, -0.05) is 11.6 Å². The van der Waals surface area contributed by atoms with Crippen LogP contribution in [0, 0.1) is 41.4 Å². The lowest BCUT2D eigenvalue weighted by atomic mass is 9.48. The fourth-order valence-corrected chi connectivity index (χ4v) is 8.12. The molecule has 0 aliphatic heterocycles. The number of rotatable bonds is 3. The van der Waals surface area contributed by atoms with Crippen molar-refractivity contribution < 1.29 is 31.1 Å². The highest BCUT2D eigenvalue weighted by atomic mass is 35.5. The van der Waals surface area contributed by atoms with Gasteiger partial charge in [0, 0.05) is 28.6 Å². The maximum absolute atomic E-state index is 15.4. The quantitative estimate of drug-likeness (QED) is 0.274. The Morgan fingerprint density at radius 3 is 2.16 bits per heavy atom. The molecule has 1 aromatic rings. The number of nitrogens with one attached hydrogen (secondary N) is 1. The summed E-state index contributed by atoms with van der Waals surface area (Å²) in [5.74, 6) is -14.9. The fourth-order valence-electron chi connectivity index (χ4n) is 7.99. The van der Waals surface area contributed by atoms with Crippen molar-refractivity contribution in [1.82, 2.24) is 5.43 Å². The van der Waals surface area contributed by atoms with Gasteiger partial charge in [-0.15, -0.1) is 0 Å². The molecule has 172 valence electrons. The third-order valence-electron chi connectivity index (χ3n) is 9.02. The molecule has 10 heteroatoms. The third-order valence-corrected chi connectivity index (χ3v) is 9.27. The van der Waals surface area contributed by atoms with Crippen LogP contribution in [0.5, 0.6) is 0 Å². The SMILES string of the molecule is O=C(N/N=C\[C@@H]1C[C@H]2C[C@H]1[C@@H]1[C@@H]2[C@H]2C[C@H]1[C@]1(F)C(F)(F)C(F)(F)[C@@]21F)c1ccc(Cl)cc1. The molecule has 5 saturated carbocycles. The molecule has 0 aromatic heterocycles. The third kappa shape index (κ3) is 2.00. The van der Waals surface area contributed by atoms with E-state index in [4.69, 9.17) is 11.6 Å². The molecule has 0 heterocycles. The first kappa shape index (κ1) is 20.8. The summed E-state index contributed by atoms with van der Waals surface area (Å²) < 4.78 is 87.3. The molecule has 0 spiro atoms. The highest BCUT2D eigenvalue weighted by molar-refractivity contribution is 6.30. The van der Waals surface area contributed by atoms with Crippen LogP contribution in [0.4, 0.5) is 26.3 Å². The van der Waals surface area contributed by atoms with Gasteiger partial charge in [0.15, 0.2) is 0 Å². The van der Waals surface area contributed by atoms with Crippen molar-refractivity contribution in [2.75, 3.05) is 0 Å². The Bertz CT molecular complexity index is 1030. The largest absolute Gasteiger partial charge is 0.350 e. The van der Waals surface area contributed by atoms with Gasteiger partial charge in [0.25, 0.3) is 5.91 Å². The molecule has 5 fully saturated rings.